The molecule has 110 valence electrons. The van der Waals surface area contributed by atoms with E-state index in [1.54, 1.807) is 30.4 Å². The molecule has 1 N–H and O–H groups in total. The maximum Gasteiger partial charge on any atom is 0.165 e. The van der Waals surface area contributed by atoms with Gasteiger partial charge < -0.3 is 5.32 Å². The highest BCUT2D eigenvalue weighted by Crippen LogP contribution is 2.20. The smallest absolute Gasteiger partial charge is 0.165 e. The van der Waals surface area contributed by atoms with Gasteiger partial charge in [0.25, 0.3) is 0 Å². The van der Waals surface area contributed by atoms with Crippen molar-refractivity contribution < 1.29 is 0 Å². The molecule has 0 aliphatic carbocycles. The van der Waals surface area contributed by atoms with Gasteiger partial charge in [0.2, 0.25) is 0 Å². The number of hydrogen-bond donors (Lipinski definition) is 1. The summed E-state index contributed by atoms with van der Waals surface area (Å²) in [6, 6.07) is 10.3. The van der Waals surface area contributed by atoms with Crippen LogP contribution in [0.4, 0.5) is 0 Å². The van der Waals surface area contributed by atoms with Gasteiger partial charge in [-0.2, -0.15) is 0 Å². The van der Waals surface area contributed by atoms with E-state index in [-0.39, 0.29) is 0 Å². The Morgan fingerprint density at radius 2 is 2.00 bits per heavy atom. The van der Waals surface area contributed by atoms with Gasteiger partial charge in [-0.15, -0.1) is 0 Å². The number of aromatic nitrogens is 2. The maximum atomic E-state index is 4.47. The molecule has 0 amide bonds. The number of nitrogens with one attached hydrogen (secondary N) is 1. The van der Waals surface area contributed by atoms with Gasteiger partial charge in [-0.05, 0) is 11.1 Å². The highest BCUT2D eigenvalue weighted by atomic mass is 32.2. The standard InChI is InChI=1S/C17H16N4S/c1-13-15(9-16-11-18-7-8-19-16)10-20-17(21-13)22-12-14-5-3-2-4-6-14/h2-8,10-11H,1,9,12H2,(H,20,21). The minimum Gasteiger partial charge on any atom is -0.335 e. The fourth-order valence-corrected chi connectivity index (χ4v) is 2.84. The minimum absolute atomic E-state index is 0.680. The molecule has 2 aromatic rings. The summed E-state index contributed by atoms with van der Waals surface area (Å²) in [7, 11) is 0. The van der Waals surface area contributed by atoms with E-state index in [9.17, 15) is 0 Å². The van der Waals surface area contributed by atoms with Gasteiger partial charge in [-0.3, -0.25) is 9.97 Å². The van der Waals surface area contributed by atoms with E-state index in [1.807, 2.05) is 24.4 Å². The predicted molar refractivity (Wildman–Crippen MR) is 91.3 cm³/mol. The third-order valence-corrected chi connectivity index (χ3v) is 4.15. The molecule has 0 saturated carbocycles. The van der Waals surface area contributed by atoms with Crippen molar-refractivity contribution in [2.75, 3.05) is 0 Å². The lowest BCUT2D eigenvalue weighted by molar-refractivity contribution is 0.974. The van der Waals surface area contributed by atoms with Crippen LogP contribution >= 0.6 is 11.8 Å². The van der Waals surface area contributed by atoms with Crippen molar-refractivity contribution in [1.82, 2.24) is 15.3 Å². The van der Waals surface area contributed by atoms with E-state index < -0.39 is 0 Å². The molecule has 0 radical (unpaired) electrons. The van der Waals surface area contributed by atoms with Crippen LogP contribution in [0.15, 0.2) is 78.0 Å². The van der Waals surface area contributed by atoms with Crippen LogP contribution in [0.3, 0.4) is 0 Å². The Kier molecular flexibility index (Phi) is 4.65. The fourth-order valence-electron chi connectivity index (χ4n) is 2.02. The Hall–Kier alpha value is -2.40. The molecule has 0 atom stereocenters. The molecule has 2 heterocycles. The summed E-state index contributed by atoms with van der Waals surface area (Å²) in [5.41, 5.74) is 4.09. The number of allylic oxidation sites excluding steroid dienone is 1. The van der Waals surface area contributed by atoms with Crippen molar-refractivity contribution in [3.05, 3.63) is 84.2 Å². The van der Waals surface area contributed by atoms with Gasteiger partial charge in [-0.1, -0.05) is 48.7 Å². The quantitative estimate of drug-likeness (QED) is 0.941. The predicted octanol–water partition coefficient (Wildman–Crippen LogP) is 3.31. The molecule has 0 bridgehead atoms. The second-order valence-corrected chi connectivity index (χ2v) is 5.80. The molecule has 1 aromatic heterocycles. The molecule has 0 fully saturated rings. The summed E-state index contributed by atoms with van der Waals surface area (Å²) < 4.78 is 0. The summed E-state index contributed by atoms with van der Waals surface area (Å²) in [4.78, 5) is 12.8. The number of rotatable bonds is 4. The van der Waals surface area contributed by atoms with Gasteiger partial charge in [0.1, 0.15) is 0 Å². The zero-order valence-electron chi connectivity index (χ0n) is 12.1. The van der Waals surface area contributed by atoms with Crippen molar-refractivity contribution >= 4 is 16.9 Å². The molecule has 22 heavy (non-hydrogen) atoms. The molecular weight excluding hydrogens is 292 g/mol. The van der Waals surface area contributed by atoms with Crippen LogP contribution in [-0.2, 0) is 12.2 Å². The van der Waals surface area contributed by atoms with Crippen molar-refractivity contribution in [3.63, 3.8) is 0 Å². The highest BCUT2D eigenvalue weighted by Gasteiger charge is 2.12. The Balaban J connectivity index is 1.63. The summed E-state index contributed by atoms with van der Waals surface area (Å²) in [5.74, 6) is 0.882. The first-order valence-electron chi connectivity index (χ1n) is 6.96. The SMILES string of the molecule is C=C1NC(SCc2ccccc2)=NC=C1Cc1cnccn1. The third-order valence-electron chi connectivity index (χ3n) is 3.19. The average Bonchev–Trinajstić information content (AvgIpc) is 2.57. The van der Waals surface area contributed by atoms with E-state index in [0.717, 1.165) is 27.9 Å². The van der Waals surface area contributed by atoms with Gasteiger partial charge in [0.05, 0.1) is 5.69 Å². The molecule has 1 aromatic carbocycles. The van der Waals surface area contributed by atoms with E-state index in [4.69, 9.17) is 0 Å². The normalized spacial score (nSPS) is 14.1. The monoisotopic (exact) mass is 308 g/mol. The Bertz CT molecular complexity index is 708. The van der Waals surface area contributed by atoms with Crippen LogP contribution in [0.25, 0.3) is 0 Å². The Labute approximate surface area is 134 Å². The van der Waals surface area contributed by atoms with Gasteiger partial charge in [0.15, 0.2) is 5.17 Å². The summed E-state index contributed by atoms with van der Waals surface area (Å²) in [5, 5.41) is 4.13. The van der Waals surface area contributed by atoms with E-state index in [1.165, 1.54) is 5.56 Å². The fraction of sp³-hybridized carbons (Fsp3) is 0.118. The first-order chi connectivity index (χ1) is 10.8. The molecule has 0 spiro atoms. The molecule has 5 heteroatoms. The molecule has 0 saturated heterocycles. The van der Waals surface area contributed by atoms with Crippen molar-refractivity contribution in [2.45, 2.75) is 12.2 Å². The van der Waals surface area contributed by atoms with Gasteiger partial charge >= 0.3 is 0 Å². The number of amidine groups is 1. The molecule has 4 nitrogen and oxygen atoms in total. The second-order valence-electron chi connectivity index (χ2n) is 4.84. The first kappa shape index (κ1) is 14.5. The second kappa shape index (κ2) is 7.04. The van der Waals surface area contributed by atoms with Crippen LogP contribution in [0.5, 0.6) is 0 Å². The number of aliphatic imine (C=N–C) groups is 1. The number of benzene rings is 1. The molecule has 1 aliphatic rings. The van der Waals surface area contributed by atoms with E-state index in [2.05, 4.69) is 39.0 Å². The Morgan fingerprint density at radius 1 is 1.14 bits per heavy atom. The zero-order valence-corrected chi connectivity index (χ0v) is 12.9. The van der Waals surface area contributed by atoms with E-state index in [0.29, 0.717) is 6.42 Å². The van der Waals surface area contributed by atoms with Gasteiger partial charge in [0, 0.05) is 42.7 Å². The lowest BCUT2D eigenvalue weighted by atomic mass is 10.1. The van der Waals surface area contributed by atoms with Crippen LogP contribution in [0.2, 0.25) is 0 Å². The number of nitrogens with zero attached hydrogens (tertiary/aromatic N) is 3. The number of thioether (sulfide) groups is 1. The average molecular weight is 308 g/mol. The first-order valence-corrected chi connectivity index (χ1v) is 7.94. The lowest BCUT2D eigenvalue weighted by Gasteiger charge is -2.18. The third kappa shape index (κ3) is 3.83. The Morgan fingerprint density at radius 3 is 2.73 bits per heavy atom. The highest BCUT2D eigenvalue weighted by molar-refractivity contribution is 8.13. The molecule has 1 aliphatic heterocycles. The summed E-state index contributed by atoms with van der Waals surface area (Å²) in [6.07, 6.45) is 7.67. The topological polar surface area (TPSA) is 50.2 Å². The van der Waals surface area contributed by atoms with Crippen molar-refractivity contribution in [3.8, 4) is 0 Å². The van der Waals surface area contributed by atoms with Crippen molar-refractivity contribution in [1.29, 1.82) is 0 Å². The van der Waals surface area contributed by atoms with E-state index >= 15 is 0 Å². The van der Waals surface area contributed by atoms with Crippen molar-refractivity contribution in [2.24, 2.45) is 4.99 Å². The molecule has 3 rings (SSSR count). The van der Waals surface area contributed by atoms with Crippen LogP contribution in [0, 0.1) is 0 Å². The zero-order chi connectivity index (χ0) is 15.2. The molecular formula is C17H16N4S. The lowest BCUT2D eigenvalue weighted by Crippen LogP contribution is -2.24. The summed E-state index contributed by atoms with van der Waals surface area (Å²) >= 11 is 1.67. The number of hydrogen-bond acceptors (Lipinski definition) is 5. The maximum absolute atomic E-state index is 4.47. The van der Waals surface area contributed by atoms with Gasteiger partial charge in [-0.25, -0.2) is 4.99 Å². The van der Waals surface area contributed by atoms with Crippen LogP contribution in [0.1, 0.15) is 11.3 Å². The largest absolute Gasteiger partial charge is 0.335 e. The molecule has 0 unspecified atom stereocenters. The minimum atomic E-state index is 0.680. The van der Waals surface area contributed by atoms with Crippen LogP contribution < -0.4 is 5.32 Å². The van der Waals surface area contributed by atoms with Crippen LogP contribution in [-0.4, -0.2) is 15.1 Å². The summed E-state index contributed by atoms with van der Waals surface area (Å²) in [6.45, 7) is 4.08.